The van der Waals surface area contributed by atoms with Crippen molar-refractivity contribution in [3.8, 4) is 0 Å². The van der Waals surface area contributed by atoms with Gasteiger partial charge in [-0.15, -0.1) is 0 Å². The minimum Gasteiger partial charge on any atom is -0.300 e. The third-order valence-corrected chi connectivity index (χ3v) is 1.21. The van der Waals surface area contributed by atoms with Gasteiger partial charge in [-0.1, -0.05) is 0 Å². The van der Waals surface area contributed by atoms with Crippen LogP contribution in [0.15, 0.2) is 23.3 Å². The number of hydrogen-bond donors (Lipinski definition) is 1. The van der Waals surface area contributed by atoms with Gasteiger partial charge in [0, 0.05) is 0 Å². The van der Waals surface area contributed by atoms with Crippen LogP contribution in [0, 0.1) is 0 Å². The highest BCUT2D eigenvalue weighted by molar-refractivity contribution is 8.00. The molecule has 0 aromatic heterocycles. The first-order valence-electron chi connectivity index (χ1n) is 1.94. The van der Waals surface area contributed by atoms with E-state index in [4.69, 9.17) is 0 Å². The molecular weight excluding hydrogens is 132 g/mol. The van der Waals surface area contributed by atoms with Crippen LogP contribution in [-0.2, 0) is 0 Å². The molecule has 0 saturated heterocycles. The Morgan fingerprint density at radius 1 is 1.50 bits per heavy atom. The fourth-order valence-electron chi connectivity index (χ4n) is 0.301. The Morgan fingerprint density at radius 2 is 2.25 bits per heavy atom. The summed E-state index contributed by atoms with van der Waals surface area (Å²) in [4.78, 5) is 0. The van der Waals surface area contributed by atoms with Crippen LogP contribution < -0.4 is 4.72 Å². The highest BCUT2D eigenvalue weighted by Gasteiger charge is 2.04. The standard InChI is InChI=1S/C4H3F2NS/c5-3-1-2-8-7-4(3)6/h1-2,7H. The topological polar surface area (TPSA) is 12.0 Å². The zero-order valence-electron chi connectivity index (χ0n) is 3.82. The van der Waals surface area contributed by atoms with Gasteiger partial charge in [0.05, 0.1) is 0 Å². The van der Waals surface area contributed by atoms with E-state index in [-0.39, 0.29) is 0 Å². The maximum atomic E-state index is 11.9. The van der Waals surface area contributed by atoms with Crippen LogP contribution in [0.5, 0.6) is 0 Å². The van der Waals surface area contributed by atoms with Crippen LogP contribution in [0.4, 0.5) is 8.78 Å². The van der Waals surface area contributed by atoms with Crippen molar-refractivity contribution in [1.29, 1.82) is 0 Å². The summed E-state index contributed by atoms with van der Waals surface area (Å²) in [6.45, 7) is 0. The van der Waals surface area contributed by atoms with Gasteiger partial charge in [-0.2, -0.15) is 4.39 Å². The number of hydrogen-bond acceptors (Lipinski definition) is 2. The van der Waals surface area contributed by atoms with Gasteiger partial charge in [-0.25, -0.2) is 4.39 Å². The Bertz CT molecular complexity index is 152. The van der Waals surface area contributed by atoms with Gasteiger partial charge in [0.2, 0.25) is 5.95 Å². The molecule has 0 bridgehead atoms. The second-order valence-corrected chi connectivity index (χ2v) is 1.90. The summed E-state index contributed by atoms with van der Waals surface area (Å²) in [5.74, 6) is -1.75. The lowest BCUT2D eigenvalue weighted by Gasteiger charge is -2.01. The van der Waals surface area contributed by atoms with E-state index in [1.807, 2.05) is 0 Å². The molecule has 1 aliphatic heterocycles. The molecule has 0 amide bonds. The van der Waals surface area contributed by atoms with Crippen LogP contribution in [0.2, 0.25) is 0 Å². The Hall–Kier alpha value is -0.510. The molecule has 4 heteroatoms. The van der Waals surface area contributed by atoms with Gasteiger partial charge >= 0.3 is 0 Å². The van der Waals surface area contributed by atoms with Gasteiger partial charge in [0.15, 0.2) is 5.83 Å². The molecule has 0 spiro atoms. The summed E-state index contributed by atoms with van der Waals surface area (Å²) in [6, 6.07) is 0. The monoisotopic (exact) mass is 135 g/mol. The largest absolute Gasteiger partial charge is 0.300 e. The number of rotatable bonds is 0. The molecule has 0 atom stereocenters. The van der Waals surface area contributed by atoms with E-state index in [0.717, 1.165) is 18.0 Å². The molecule has 0 aliphatic carbocycles. The van der Waals surface area contributed by atoms with Crippen molar-refractivity contribution in [2.45, 2.75) is 0 Å². The lowest BCUT2D eigenvalue weighted by atomic mass is 10.5. The summed E-state index contributed by atoms with van der Waals surface area (Å²) in [5, 5.41) is 1.43. The predicted octanol–water partition coefficient (Wildman–Crippen LogP) is 1.86. The van der Waals surface area contributed by atoms with E-state index in [1.54, 1.807) is 0 Å². The van der Waals surface area contributed by atoms with E-state index < -0.39 is 11.8 Å². The molecule has 0 aromatic carbocycles. The van der Waals surface area contributed by atoms with Gasteiger partial charge in [0.25, 0.3) is 0 Å². The molecule has 1 N–H and O–H groups in total. The zero-order valence-corrected chi connectivity index (χ0v) is 4.64. The Balaban J connectivity index is 2.76. The van der Waals surface area contributed by atoms with Gasteiger partial charge in [-0.05, 0) is 23.4 Å². The first-order chi connectivity index (χ1) is 3.80. The number of halogens is 2. The summed E-state index contributed by atoms with van der Waals surface area (Å²) >= 11 is 1.00. The first kappa shape index (κ1) is 5.62. The minimum atomic E-state index is -0.905. The molecule has 1 aliphatic rings. The fraction of sp³-hybridized carbons (Fsp3) is 0. The number of allylic oxidation sites excluding steroid dienone is 2. The predicted molar refractivity (Wildman–Crippen MR) is 29.1 cm³/mol. The Labute approximate surface area is 49.6 Å². The molecule has 1 heterocycles. The van der Waals surface area contributed by atoms with E-state index in [1.165, 1.54) is 5.41 Å². The fourth-order valence-corrected chi connectivity index (χ4v) is 0.758. The highest BCUT2D eigenvalue weighted by atomic mass is 32.2. The number of nitrogens with one attached hydrogen (secondary N) is 1. The van der Waals surface area contributed by atoms with E-state index in [9.17, 15) is 8.78 Å². The molecule has 0 radical (unpaired) electrons. The second-order valence-electron chi connectivity index (χ2n) is 1.18. The third kappa shape index (κ3) is 1.01. The quantitative estimate of drug-likeness (QED) is 0.402. The van der Waals surface area contributed by atoms with E-state index in [0.29, 0.717) is 0 Å². The summed E-state index contributed by atoms with van der Waals surface area (Å²) < 4.78 is 25.9. The first-order valence-corrected chi connectivity index (χ1v) is 2.82. The lowest BCUT2D eigenvalue weighted by Crippen LogP contribution is -2.00. The van der Waals surface area contributed by atoms with Crippen molar-refractivity contribution in [3.63, 3.8) is 0 Å². The molecule has 1 rings (SSSR count). The lowest BCUT2D eigenvalue weighted by molar-refractivity contribution is 0.532. The molecule has 0 aromatic rings. The van der Waals surface area contributed by atoms with Gasteiger partial charge in [-0.3, -0.25) is 4.72 Å². The highest BCUT2D eigenvalue weighted by Crippen LogP contribution is 2.16. The zero-order chi connectivity index (χ0) is 5.98. The second kappa shape index (κ2) is 2.17. The summed E-state index contributed by atoms with van der Waals surface area (Å²) in [6.07, 6.45) is 1.07. The van der Waals surface area contributed by atoms with Crippen molar-refractivity contribution in [2.24, 2.45) is 0 Å². The van der Waals surface area contributed by atoms with Crippen LogP contribution in [0.25, 0.3) is 0 Å². The third-order valence-electron chi connectivity index (χ3n) is 0.641. The average molecular weight is 135 g/mol. The Kier molecular flexibility index (Phi) is 1.53. The van der Waals surface area contributed by atoms with E-state index in [2.05, 4.69) is 4.72 Å². The normalized spacial score (nSPS) is 18.8. The molecule has 44 valence electrons. The van der Waals surface area contributed by atoms with Crippen molar-refractivity contribution in [3.05, 3.63) is 23.3 Å². The van der Waals surface area contributed by atoms with Crippen molar-refractivity contribution >= 4 is 11.9 Å². The smallest absolute Gasteiger partial charge is 0.233 e. The maximum Gasteiger partial charge on any atom is 0.233 e. The van der Waals surface area contributed by atoms with Crippen molar-refractivity contribution < 1.29 is 8.78 Å². The summed E-state index contributed by atoms with van der Waals surface area (Å²) in [5.41, 5.74) is 0. The van der Waals surface area contributed by atoms with Crippen molar-refractivity contribution in [2.75, 3.05) is 0 Å². The Morgan fingerprint density at radius 3 is 2.62 bits per heavy atom. The molecule has 0 fully saturated rings. The molecule has 0 saturated carbocycles. The van der Waals surface area contributed by atoms with Crippen LogP contribution in [0.1, 0.15) is 0 Å². The molecule has 8 heavy (non-hydrogen) atoms. The SMILES string of the molecule is FC1=C(F)NSC=C1. The van der Waals surface area contributed by atoms with Gasteiger partial charge in [0.1, 0.15) is 0 Å². The molecule has 0 unspecified atom stereocenters. The van der Waals surface area contributed by atoms with Gasteiger partial charge < -0.3 is 0 Å². The van der Waals surface area contributed by atoms with Crippen LogP contribution in [0.3, 0.4) is 0 Å². The molecular formula is C4H3F2NS. The van der Waals surface area contributed by atoms with Crippen molar-refractivity contribution in [1.82, 2.24) is 4.72 Å². The molecule has 1 nitrogen and oxygen atoms in total. The minimum absolute atomic E-state index is 0.844. The average Bonchev–Trinajstić information content (AvgIpc) is 1.77. The van der Waals surface area contributed by atoms with Crippen LogP contribution in [-0.4, -0.2) is 0 Å². The van der Waals surface area contributed by atoms with E-state index >= 15 is 0 Å². The maximum absolute atomic E-state index is 11.9. The van der Waals surface area contributed by atoms with Crippen LogP contribution >= 0.6 is 11.9 Å². The summed E-state index contributed by atoms with van der Waals surface area (Å²) in [7, 11) is 0.